The molecular formula is C18H17ClFN5O3S. The number of allylic oxidation sites excluding steroid dienone is 4. The van der Waals surface area contributed by atoms with Gasteiger partial charge in [-0.25, -0.2) is 22.9 Å². The molecule has 0 radical (unpaired) electrons. The van der Waals surface area contributed by atoms with Crippen molar-refractivity contribution in [1.82, 2.24) is 9.97 Å². The van der Waals surface area contributed by atoms with Crippen LogP contribution in [0.25, 0.3) is 0 Å². The minimum Gasteiger partial charge on any atom is -0.495 e. The summed E-state index contributed by atoms with van der Waals surface area (Å²) in [5.41, 5.74) is 1.63. The topological polar surface area (TPSA) is 119 Å². The molecule has 1 aromatic carbocycles. The number of benzene rings is 1. The minimum atomic E-state index is -3.75. The van der Waals surface area contributed by atoms with Crippen LogP contribution in [0.4, 0.5) is 21.8 Å². The van der Waals surface area contributed by atoms with E-state index in [9.17, 15) is 12.8 Å². The molecule has 0 fully saturated rings. The Kier molecular flexibility index (Phi) is 6.16. The highest BCUT2D eigenvalue weighted by Crippen LogP contribution is 2.29. The first-order valence-corrected chi connectivity index (χ1v) is 10.2. The number of nitrogens with two attached hydrogens (primary N) is 1. The molecule has 0 unspecified atom stereocenters. The van der Waals surface area contributed by atoms with Crippen LogP contribution >= 0.6 is 11.6 Å². The zero-order chi connectivity index (χ0) is 21.0. The van der Waals surface area contributed by atoms with Gasteiger partial charge >= 0.3 is 0 Å². The maximum absolute atomic E-state index is 14.2. The molecule has 0 saturated heterocycles. The van der Waals surface area contributed by atoms with E-state index in [0.29, 0.717) is 27.7 Å². The van der Waals surface area contributed by atoms with Gasteiger partial charge in [0.15, 0.2) is 11.6 Å². The monoisotopic (exact) mass is 437 g/mol. The number of hydrogen-bond donors (Lipinski definition) is 3. The lowest BCUT2D eigenvalue weighted by Gasteiger charge is -2.14. The molecule has 0 saturated carbocycles. The molecular weight excluding hydrogens is 421 g/mol. The number of anilines is 3. The standard InChI is InChI=1S/C18H17ClFN5O3S/c1-28-16-8-13(5-6-14(16)19)23-17-15(20)9-22-18(25-17)24-12-4-2-3-11(7-12)10-29(21,26)27/h2-6,8-10H,7H2,1H3,(H2,21,26,27)(H2,22,23,24,25). The second-order valence-electron chi connectivity index (χ2n) is 6.00. The highest BCUT2D eigenvalue weighted by molar-refractivity contribution is 7.92. The van der Waals surface area contributed by atoms with Crippen molar-refractivity contribution >= 4 is 39.1 Å². The van der Waals surface area contributed by atoms with Gasteiger partial charge in [-0.1, -0.05) is 23.8 Å². The third-order valence-electron chi connectivity index (χ3n) is 3.75. The smallest absolute Gasteiger partial charge is 0.231 e. The second kappa shape index (κ2) is 8.60. The van der Waals surface area contributed by atoms with E-state index >= 15 is 0 Å². The summed E-state index contributed by atoms with van der Waals surface area (Å²) in [6.07, 6.45) is 6.30. The van der Waals surface area contributed by atoms with Gasteiger partial charge in [-0.2, -0.15) is 4.98 Å². The van der Waals surface area contributed by atoms with Gasteiger partial charge in [-0.15, -0.1) is 0 Å². The van der Waals surface area contributed by atoms with Crippen LogP contribution in [-0.2, 0) is 10.0 Å². The van der Waals surface area contributed by atoms with Crippen molar-refractivity contribution in [3.63, 3.8) is 0 Å². The Morgan fingerprint density at radius 2 is 2.14 bits per heavy atom. The quantitative estimate of drug-likeness (QED) is 0.633. The van der Waals surface area contributed by atoms with E-state index in [1.165, 1.54) is 7.11 Å². The Balaban J connectivity index is 1.78. The van der Waals surface area contributed by atoms with E-state index in [4.69, 9.17) is 21.5 Å². The van der Waals surface area contributed by atoms with Gasteiger partial charge in [0.25, 0.3) is 0 Å². The van der Waals surface area contributed by atoms with Gasteiger partial charge in [0.05, 0.1) is 18.3 Å². The van der Waals surface area contributed by atoms with Gasteiger partial charge < -0.3 is 15.4 Å². The molecule has 1 aliphatic carbocycles. The van der Waals surface area contributed by atoms with E-state index in [0.717, 1.165) is 11.6 Å². The Labute approximate surface area is 172 Å². The summed E-state index contributed by atoms with van der Waals surface area (Å²) in [6, 6.07) is 4.87. The lowest BCUT2D eigenvalue weighted by molar-refractivity contribution is 0.415. The number of ether oxygens (including phenoxy) is 1. The summed E-state index contributed by atoms with van der Waals surface area (Å²) in [5, 5.41) is 12.2. The van der Waals surface area contributed by atoms with E-state index in [1.54, 1.807) is 36.4 Å². The molecule has 1 heterocycles. The summed E-state index contributed by atoms with van der Waals surface area (Å²) in [4.78, 5) is 8.04. The van der Waals surface area contributed by atoms with Crippen molar-refractivity contribution in [3.8, 4) is 5.75 Å². The Bertz CT molecular complexity index is 1130. The number of methoxy groups -OCH3 is 1. The van der Waals surface area contributed by atoms with Crippen molar-refractivity contribution in [2.24, 2.45) is 5.14 Å². The highest BCUT2D eigenvalue weighted by atomic mass is 35.5. The van der Waals surface area contributed by atoms with Crippen LogP contribution in [0.1, 0.15) is 6.42 Å². The summed E-state index contributed by atoms with van der Waals surface area (Å²) < 4.78 is 41.7. The minimum absolute atomic E-state index is 0.0564. The molecule has 0 atom stereocenters. The van der Waals surface area contributed by atoms with Gasteiger partial charge in [-0.05, 0) is 23.8 Å². The number of rotatable bonds is 6. The molecule has 4 N–H and O–H groups in total. The number of aromatic nitrogens is 2. The molecule has 2 aromatic rings. The molecule has 152 valence electrons. The average Bonchev–Trinajstić information content (AvgIpc) is 2.65. The van der Waals surface area contributed by atoms with E-state index in [-0.39, 0.29) is 18.2 Å². The Morgan fingerprint density at radius 1 is 1.34 bits per heavy atom. The first-order chi connectivity index (χ1) is 13.7. The summed E-state index contributed by atoms with van der Waals surface area (Å²) in [5.74, 6) is -0.153. The van der Waals surface area contributed by atoms with Crippen LogP contribution in [0.15, 0.2) is 59.3 Å². The van der Waals surface area contributed by atoms with Crippen LogP contribution in [0.5, 0.6) is 5.75 Å². The molecule has 1 aliphatic rings. The van der Waals surface area contributed by atoms with Crippen molar-refractivity contribution in [2.75, 3.05) is 17.7 Å². The molecule has 0 bridgehead atoms. The number of primary sulfonamides is 1. The molecule has 0 aliphatic heterocycles. The first-order valence-electron chi connectivity index (χ1n) is 8.24. The number of nitrogens with zero attached hydrogens (tertiary/aromatic N) is 2. The van der Waals surface area contributed by atoms with Crippen molar-refractivity contribution in [3.05, 3.63) is 70.1 Å². The zero-order valence-corrected chi connectivity index (χ0v) is 16.8. The van der Waals surface area contributed by atoms with Crippen LogP contribution in [0.2, 0.25) is 5.02 Å². The lowest BCUT2D eigenvalue weighted by Crippen LogP contribution is -2.11. The summed E-state index contributed by atoms with van der Waals surface area (Å²) in [6.45, 7) is 0. The predicted octanol–water partition coefficient (Wildman–Crippen LogP) is 3.45. The second-order valence-corrected chi connectivity index (χ2v) is 7.82. The SMILES string of the molecule is COc1cc(Nc2nc(NC3=CC=CC(=CS(N)(=O)=O)C3)ncc2F)ccc1Cl. The largest absolute Gasteiger partial charge is 0.495 e. The van der Waals surface area contributed by atoms with Crippen LogP contribution in [0.3, 0.4) is 0 Å². The van der Waals surface area contributed by atoms with Crippen LogP contribution < -0.4 is 20.5 Å². The number of sulfonamides is 1. The highest BCUT2D eigenvalue weighted by Gasteiger charge is 2.12. The van der Waals surface area contributed by atoms with E-state index < -0.39 is 15.8 Å². The first kappa shape index (κ1) is 20.8. The van der Waals surface area contributed by atoms with Crippen molar-refractivity contribution < 1.29 is 17.5 Å². The maximum Gasteiger partial charge on any atom is 0.231 e. The fraction of sp³-hybridized carbons (Fsp3) is 0.111. The van der Waals surface area contributed by atoms with Crippen LogP contribution in [0, 0.1) is 5.82 Å². The summed E-state index contributed by atoms with van der Waals surface area (Å²) in [7, 11) is -2.28. The Hall–Kier alpha value is -2.95. The van der Waals surface area contributed by atoms with Crippen LogP contribution in [-0.4, -0.2) is 25.5 Å². The molecule has 1 aromatic heterocycles. The molecule has 3 rings (SSSR count). The molecule has 0 spiro atoms. The third-order valence-corrected chi connectivity index (χ3v) is 4.69. The zero-order valence-electron chi connectivity index (χ0n) is 15.2. The predicted molar refractivity (Wildman–Crippen MR) is 110 cm³/mol. The van der Waals surface area contributed by atoms with Crippen molar-refractivity contribution in [1.29, 1.82) is 0 Å². The summed E-state index contributed by atoms with van der Waals surface area (Å²) >= 11 is 5.99. The van der Waals surface area contributed by atoms with Crippen molar-refractivity contribution in [2.45, 2.75) is 6.42 Å². The fourth-order valence-corrected chi connectivity index (χ4v) is 3.31. The number of halogens is 2. The van der Waals surface area contributed by atoms with E-state index in [2.05, 4.69) is 20.6 Å². The Morgan fingerprint density at radius 3 is 2.86 bits per heavy atom. The average molecular weight is 438 g/mol. The normalized spacial score (nSPS) is 15.2. The third kappa shape index (κ3) is 5.76. The van der Waals surface area contributed by atoms with E-state index in [1.807, 2.05) is 0 Å². The molecule has 29 heavy (non-hydrogen) atoms. The fourth-order valence-electron chi connectivity index (χ4n) is 2.54. The van der Waals surface area contributed by atoms with Gasteiger partial charge in [-0.3, -0.25) is 0 Å². The van der Waals surface area contributed by atoms with Gasteiger partial charge in [0.1, 0.15) is 5.75 Å². The lowest BCUT2D eigenvalue weighted by atomic mass is 10.1. The molecule has 0 amide bonds. The molecule has 11 heteroatoms. The molecule has 8 nitrogen and oxygen atoms in total. The van der Waals surface area contributed by atoms with Gasteiger partial charge in [0.2, 0.25) is 16.0 Å². The number of nitrogens with one attached hydrogen (secondary N) is 2. The van der Waals surface area contributed by atoms with Gasteiger partial charge in [0, 0.05) is 29.3 Å². The number of hydrogen-bond acceptors (Lipinski definition) is 7. The maximum atomic E-state index is 14.2.